The summed E-state index contributed by atoms with van der Waals surface area (Å²) in [5.74, 6) is 0.436. The lowest BCUT2D eigenvalue weighted by molar-refractivity contribution is -0.117. The van der Waals surface area contributed by atoms with Crippen LogP contribution in [0.15, 0.2) is 36.4 Å². The van der Waals surface area contributed by atoms with Crippen LogP contribution in [0.1, 0.15) is 43.9 Å². The Kier molecular flexibility index (Phi) is 5.83. The summed E-state index contributed by atoms with van der Waals surface area (Å²) < 4.78 is 19.0. The number of benzene rings is 2. The van der Waals surface area contributed by atoms with Crippen LogP contribution >= 0.6 is 0 Å². The Morgan fingerprint density at radius 3 is 2.32 bits per heavy atom. The van der Waals surface area contributed by atoms with Gasteiger partial charge < -0.3 is 10.1 Å². The first kappa shape index (κ1) is 19.0. The molecule has 2 aromatic carbocycles. The molecule has 2 aromatic rings. The van der Waals surface area contributed by atoms with Crippen molar-refractivity contribution in [1.82, 2.24) is 0 Å². The zero-order valence-electron chi connectivity index (χ0n) is 15.6. The highest BCUT2D eigenvalue weighted by atomic mass is 19.1. The Hall–Kier alpha value is -2.36. The molecule has 0 aliphatic rings. The highest BCUT2D eigenvalue weighted by molar-refractivity contribution is 5.92. The average Bonchev–Trinajstić information content (AvgIpc) is 2.47. The van der Waals surface area contributed by atoms with Gasteiger partial charge >= 0.3 is 0 Å². The summed E-state index contributed by atoms with van der Waals surface area (Å²) in [5.41, 5.74) is 3.43. The molecule has 25 heavy (non-hydrogen) atoms. The molecule has 1 N–H and O–H groups in total. The van der Waals surface area contributed by atoms with Gasteiger partial charge in [-0.15, -0.1) is 0 Å². The second kappa shape index (κ2) is 7.68. The molecule has 0 bridgehead atoms. The minimum Gasteiger partial charge on any atom is -0.489 e. The Balaban J connectivity index is 2.07. The topological polar surface area (TPSA) is 38.3 Å². The van der Waals surface area contributed by atoms with E-state index in [1.807, 2.05) is 52.8 Å². The molecular formula is C21H26FNO2. The average molecular weight is 343 g/mol. The Bertz CT molecular complexity index is 740. The second-order valence-electron chi connectivity index (χ2n) is 7.64. The van der Waals surface area contributed by atoms with Gasteiger partial charge in [0.05, 0.1) is 0 Å². The third-order valence-corrected chi connectivity index (χ3v) is 3.76. The summed E-state index contributed by atoms with van der Waals surface area (Å²) in [4.78, 5) is 12.2. The Labute approximate surface area is 149 Å². The van der Waals surface area contributed by atoms with E-state index in [2.05, 4.69) is 5.32 Å². The summed E-state index contributed by atoms with van der Waals surface area (Å²) in [6, 6.07) is 10.1. The molecule has 0 aromatic heterocycles. The first-order valence-electron chi connectivity index (χ1n) is 8.42. The van der Waals surface area contributed by atoms with Crippen molar-refractivity contribution in [3.8, 4) is 5.75 Å². The standard InChI is InChI=1S/C21H26FNO2/c1-14-9-18(25-13-16-7-6-8-17(22)11-16)10-15(2)20(14)23-19(24)12-21(3,4)5/h6-11H,12-13H2,1-5H3,(H,23,24). The summed E-state index contributed by atoms with van der Waals surface area (Å²) >= 11 is 0. The molecule has 0 heterocycles. The van der Waals surface area contributed by atoms with Crippen LogP contribution in [0.4, 0.5) is 10.1 Å². The van der Waals surface area contributed by atoms with Gasteiger partial charge in [0, 0.05) is 12.1 Å². The molecule has 0 saturated heterocycles. The SMILES string of the molecule is Cc1cc(OCc2cccc(F)c2)cc(C)c1NC(=O)CC(C)(C)C. The van der Waals surface area contributed by atoms with E-state index in [4.69, 9.17) is 4.74 Å². The number of anilines is 1. The van der Waals surface area contributed by atoms with E-state index >= 15 is 0 Å². The number of hydrogen-bond donors (Lipinski definition) is 1. The van der Waals surface area contributed by atoms with Gasteiger partial charge in [0.2, 0.25) is 5.91 Å². The summed E-state index contributed by atoms with van der Waals surface area (Å²) in [7, 11) is 0. The predicted molar refractivity (Wildman–Crippen MR) is 99.3 cm³/mol. The maximum atomic E-state index is 13.2. The maximum absolute atomic E-state index is 13.2. The van der Waals surface area contributed by atoms with Gasteiger partial charge in [0.15, 0.2) is 0 Å². The van der Waals surface area contributed by atoms with Crippen molar-refractivity contribution in [2.24, 2.45) is 5.41 Å². The molecule has 2 rings (SSSR count). The third-order valence-electron chi connectivity index (χ3n) is 3.76. The van der Waals surface area contributed by atoms with Gasteiger partial charge in [0.25, 0.3) is 0 Å². The lowest BCUT2D eigenvalue weighted by Gasteiger charge is -2.19. The van der Waals surface area contributed by atoms with Gasteiger partial charge in [-0.2, -0.15) is 0 Å². The number of nitrogens with one attached hydrogen (secondary N) is 1. The number of hydrogen-bond acceptors (Lipinski definition) is 2. The van der Waals surface area contributed by atoms with E-state index < -0.39 is 0 Å². The quantitative estimate of drug-likeness (QED) is 0.790. The molecule has 134 valence electrons. The largest absolute Gasteiger partial charge is 0.489 e. The number of carbonyl (C=O) groups excluding carboxylic acids is 1. The molecule has 0 unspecified atom stereocenters. The number of amides is 1. The number of rotatable bonds is 5. The first-order chi connectivity index (χ1) is 11.6. The van der Waals surface area contributed by atoms with Crippen molar-refractivity contribution < 1.29 is 13.9 Å². The van der Waals surface area contributed by atoms with Crippen LogP contribution < -0.4 is 10.1 Å². The van der Waals surface area contributed by atoms with E-state index in [0.29, 0.717) is 18.8 Å². The highest BCUT2D eigenvalue weighted by Crippen LogP contribution is 2.28. The molecular weight excluding hydrogens is 317 g/mol. The van der Waals surface area contributed by atoms with Crippen molar-refractivity contribution in [2.45, 2.75) is 47.6 Å². The fourth-order valence-electron chi connectivity index (χ4n) is 2.66. The number of halogens is 1. The van der Waals surface area contributed by atoms with Crippen LogP contribution in [0.5, 0.6) is 5.75 Å². The normalized spacial score (nSPS) is 11.3. The van der Waals surface area contributed by atoms with E-state index in [9.17, 15) is 9.18 Å². The van der Waals surface area contributed by atoms with Crippen LogP contribution in [0, 0.1) is 25.1 Å². The smallest absolute Gasteiger partial charge is 0.224 e. The van der Waals surface area contributed by atoms with Crippen molar-refractivity contribution >= 4 is 11.6 Å². The summed E-state index contributed by atoms with van der Waals surface area (Å²) in [5, 5.41) is 3.00. The third kappa shape index (κ3) is 5.89. The lowest BCUT2D eigenvalue weighted by Crippen LogP contribution is -2.20. The maximum Gasteiger partial charge on any atom is 0.224 e. The lowest BCUT2D eigenvalue weighted by atomic mass is 9.92. The fourth-order valence-corrected chi connectivity index (χ4v) is 2.66. The molecule has 0 atom stereocenters. The summed E-state index contributed by atoms with van der Waals surface area (Å²) in [6.07, 6.45) is 0.462. The molecule has 4 heteroatoms. The van der Waals surface area contributed by atoms with Gasteiger partial charge in [0.1, 0.15) is 18.2 Å². The van der Waals surface area contributed by atoms with Gasteiger partial charge in [-0.3, -0.25) is 4.79 Å². The monoisotopic (exact) mass is 343 g/mol. The van der Waals surface area contributed by atoms with Crippen molar-refractivity contribution in [2.75, 3.05) is 5.32 Å². The minimum atomic E-state index is -0.273. The van der Waals surface area contributed by atoms with Crippen molar-refractivity contribution in [3.63, 3.8) is 0 Å². The second-order valence-corrected chi connectivity index (χ2v) is 7.64. The number of ether oxygens (including phenoxy) is 1. The van der Waals surface area contributed by atoms with Crippen LogP contribution in [0.25, 0.3) is 0 Å². The molecule has 0 fully saturated rings. The molecule has 3 nitrogen and oxygen atoms in total. The minimum absolute atomic E-state index is 0.00660. The van der Waals surface area contributed by atoms with Crippen molar-refractivity contribution in [1.29, 1.82) is 0 Å². The Morgan fingerprint density at radius 1 is 1.12 bits per heavy atom. The van der Waals surface area contributed by atoms with Gasteiger partial charge in [-0.05, 0) is 60.2 Å². The molecule has 0 radical (unpaired) electrons. The molecule has 0 saturated carbocycles. The predicted octanol–water partition coefficient (Wildman–Crippen LogP) is 5.40. The van der Waals surface area contributed by atoms with Crippen LogP contribution in [-0.4, -0.2) is 5.91 Å². The van der Waals surface area contributed by atoms with E-state index in [1.165, 1.54) is 12.1 Å². The molecule has 1 amide bonds. The van der Waals surface area contributed by atoms with E-state index in [1.54, 1.807) is 6.07 Å². The molecule has 0 spiro atoms. The zero-order valence-corrected chi connectivity index (χ0v) is 15.6. The number of aryl methyl sites for hydroxylation is 2. The van der Waals surface area contributed by atoms with Crippen LogP contribution in [-0.2, 0) is 11.4 Å². The fraction of sp³-hybridized carbons (Fsp3) is 0.381. The van der Waals surface area contributed by atoms with Crippen LogP contribution in [0.3, 0.4) is 0 Å². The first-order valence-corrected chi connectivity index (χ1v) is 8.42. The number of carbonyl (C=O) groups is 1. The molecule has 0 aliphatic heterocycles. The van der Waals surface area contributed by atoms with Gasteiger partial charge in [-0.1, -0.05) is 32.9 Å². The van der Waals surface area contributed by atoms with Crippen LogP contribution in [0.2, 0.25) is 0 Å². The highest BCUT2D eigenvalue weighted by Gasteiger charge is 2.17. The summed E-state index contributed by atoms with van der Waals surface area (Å²) in [6.45, 7) is 10.3. The van der Waals surface area contributed by atoms with E-state index in [0.717, 1.165) is 22.4 Å². The zero-order chi connectivity index (χ0) is 18.6. The Morgan fingerprint density at radius 2 is 1.76 bits per heavy atom. The van der Waals surface area contributed by atoms with Gasteiger partial charge in [-0.25, -0.2) is 4.39 Å². The molecule has 0 aliphatic carbocycles. The van der Waals surface area contributed by atoms with E-state index in [-0.39, 0.29) is 17.1 Å². The van der Waals surface area contributed by atoms with Crippen molar-refractivity contribution in [3.05, 3.63) is 58.9 Å².